The number of hydrogen-bond acceptors (Lipinski definition) is 5. The van der Waals surface area contributed by atoms with Crippen LogP contribution in [0, 0.1) is 11.8 Å². The molecular formula is C19H25Cl2NO6S. The van der Waals surface area contributed by atoms with Crippen molar-refractivity contribution in [3.63, 3.8) is 0 Å². The first kappa shape index (κ1) is 25.5. The highest BCUT2D eigenvalue weighted by atomic mass is 35.5. The van der Waals surface area contributed by atoms with Crippen LogP contribution in [0.5, 0.6) is 5.75 Å². The van der Waals surface area contributed by atoms with E-state index in [-0.39, 0.29) is 26.1 Å². The summed E-state index contributed by atoms with van der Waals surface area (Å²) in [5.41, 5.74) is 0. The molecule has 7 nitrogen and oxygen atoms in total. The molecule has 0 spiro atoms. The molecule has 2 N–H and O–H groups in total. The lowest BCUT2D eigenvalue weighted by molar-refractivity contribution is -0.137. The van der Waals surface area contributed by atoms with E-state index in [2.05, 4.69) is 11.8 Å². The van der Waals surface area contributed by atoms with Crippen LogP contribution in [0.1, 0.15) is 32.1 Å². The number of rotatable bonds is 12. The molecular weight excluding hydrogens is 441 g/mol. The topological polar surface area (TPSA) is 104 Å². The van der Waals surface area contributed by atoms with Gasteiger partial charge in [0.1, 0.15) is 12.4 Å². The van der Waals surface area contributed by atoms with Crippen LogP contribution in [-0.2, 0) is 14.8 Å². The molecule has 0 aliphatic heterocycles. The molecule has 1 atom stereocenters. The lowest BCUT2D eigenvalue weighted by Crippen LogP contribution is -2.32. The third-order valence-electron chi connectivity index (χ3n) is 3.81. The van der Waals surface area contributed by atoms with Gasteiger partial charge < -0.3 is 14.9 Å². The molecule has 0 heterocycles. The third-order valence-corrected chi connectivity index (χ3v) is 5.59. The Morgan fingerprint density at radius 3 is 2.62 bits per heavy atom. The second kappa shape index (κ2) is 12.9. The zero-order valence-corrected chi connectivity index (χ0v) is 18.4. The van der Waals surface area contributed by atoms with Gasteiger partial charge >= 0.3 is 5.97 Å². The fraction of sp³-hybridized carbons (Fsp3) is 0.526. The average molecular weight is 466 g/mol. The zero-order valence-electron chi connectivity index (χ0n) is 16.1. The summed E-state index contributed by atoms with van der Waals surface area (Å²) in [6, 6.07) is 4.78. The highest BCUT2D eigenvalue weighted by Crippen LogP contribution is 2.27. The first-order valence-corrected chi connectivity index (χ1v) is 11.6. The number of sulfonamides is 1. The van der Waals surface area contributed by atoms with Crippen LogP contribution in [0.3, 0.4) is 0 Å². The van der Waals surface area contributed by atoms with E-state index < -0.39 is 22.1 Å². The minimum Gasteiger partial charge on any atom is -0.489 e. The van der Waals surface area contributed by atoms with E-state index in [1.165, 1.54) is 10.4 Å². The Balaban J connectivity index is 2.40. The summed E-state index contributed by atoms with van der Waals surface area (Å²) >= 11 is 11.8. The van der Waals surface area contributed by atoms with E-state index in [1.54, 1.807) is 12.1 Å². The Labute approximate surface area is 181 Å². The molecule has 0 saturated heterocycles. The van der Waals surface area contributed by atoms with Gasteiger partial charge in [0.2, 0.25) is 10.0 Å². The largest absolute Gasteiger partial charge is 0.489 e. The van der Waals surface area contributed by atoms with Gasteiger partial charge in [-0.3, -0.25) is 4.79 Å². The molecule has 0 amide bonds. The number of carboxylic acids is 1. The monoisotopic (exact) mass is 465 g/mol. The number of aliphatic hydroxyl groups excluding tert-OH is 1. The third kappa shape index (κ3) is 11.3. The van der Waals surface area contributed by atoms with Gasteiger partial charge in [-0.05, 0) is 37.5 Å². The van der Waals surface area contributed by atoms with Crippen molar-refractivity contribution in [2.45, 2.75) is 38.2 Å². The minimum absolute atomic E-state index is 0.0175. The predicted molar refractivity (Wildman–Crippen MR) is 113 cm³/mol. The van der Waals surface area contributed by atoms with E-state index in [9.17, 15) is 18.3 Å². The molecule has 162 valence electrons. The number of ether oxygens (including phenoxy) is 1. The maximum Gasteiger partial charge on any atom is 0.303 e. The molecule has 0 fully saturated rings. The van der Waals surface area contributed by atoms with Crippen molar-refractivity contribution in [2.24, 2.45) is 0 Å². The van der Waals surface area contributed by atoms with Gasteiger partial charge in [-0.25, -0.2) is 8.42 Å². The molecule has 29 heavy (non-hydrogen) atoms. The standard InChI is InChI=1S/C19H25Cl2NO6S/c1-29(26,27)22(11-5-3-2-4-8-19(24)25)12-6-7-16(23)14-28-18-10-9-15(20)13-17(18)21/h9-10,13,16,23H,2,4,6-8,11-12,14H2,1H3,(H,24,25). The first-order valence-electron chi connectivity index (χ1n) is 8.98. The van der Waals surface area contributed by atoms with Crippen LogP contribution < -0.4 is 4.74 Å². The van der Waals surface area contributed by atoms with Crippen molar-refractivity contribution in [3.05, 3.63) is 28.2 Å². The van der Waals surface area contributed by atoms with E-state index in [4.69, 9.17) is 33.0 Å². The normalized spacial score (nSPS) is 12.3. The summed E-state index contributed by atoms with van der Waals surface area (Å²) in [6.45, 7) is 0.254. The van der Waals surface area contributed by atoms with Gasteiger partial charge in [-0.15, -0.1) is 5.92 Å². The summed E-state index contributed by atoms with van der Waals surface area (Å²) in [7, 11) is -3.44. The zero-order chi connectivity index (χ0) is 21.9. The van der Waals surface area contributed by atoms with Gasteiger partial charge in [0.25, 0.3) is 0 Å². The van der Waals surface area contributed by atoms with E-state index in [0.29, 0.717) is 41.5 Å². The van der Waals surface area contributed by atoms with Gasteiger partial charge in [-0.2, -0.15) is 4.31 Å². The number of halogens is 2. The lowest BCUT2D eigenvalue weighted by atomic mass is 10.2. The predicted octanol–water partition coefficient (Wildman–Crippen LogP) is 3.03. The average Bonchev–Trinajstić information content (AvgIpc) is 2.61. The Morgan fingerprint density at radius 1 is 1.28 bits per heavy atom. The van der Waals surface area contributed by atoms with Crippen LogP contribution in [0.4, 0.5) is 0 Å². The fourth-order valence-electron chi connectivity index (χ4n) is 2.29. The maximum atomic E-state index is 11.9. The quantitative estimate of drug-likeness (QED) is 0.363. The number of carboxylic acid groups (broad SMARTS) is 1. The fourth-order valence-corrected chi connectivity index (χ4v) is 3.51. The number of carbonyl (C=O) groups is 1. The molecule has 0 saturated carbocycles. The Bertz CT molecular complexity index is 835. The summed E-state index contributed by atoms with van der Waals surface area (Å²) in [6.07, 6.45) is 1.92. The Morgan fingerprint density at radius 2 is 2.00 bits per heavy atom. The summed E-state index contributed by atoms with van der Waals surface area (Å²) in [5, 5.41) is 19.4. The number of hydrogen-bond donors (Lipinski definition) is 2. The summed E-state index contributed by atoms with van der Waals surface area (Å²) in [4.78, 5) is 10.4. The van der Waals surface area contributed by atoms with Gasteiger partial charge in [-0.1, -0.05) is 29.1 Å². The van der Waals surface area contributed by atoms with Gasteiger partial charge in [0.15, 0.2) is 0 Å². The van der Waals surface area contributed by atoms with Crippen LogP contribution in [0.25, 0.3) is 0 Å². The Kier molecular flexibility index (Phi) is 11.4. The number of aliphatic hydroxyl groups is 1. The van der Waals surface area contributed by atoms with Crippen molar-refractivity contribution in [3.8, 4) is 17.6 Å². The molecule has 1 aromatic rings. The SMILES string of the molecule is CS(=O)(=O)N(CC#CCCCC(=O)O)CCCC(O)COc1ccc(Cl)cc1Cl. The minimum atomic E-state index is -3.44. The van der Waals surface area contributed by atoms with Crippen molar-refractivity contribution < 1.29 is 28.2 Å². The van der Waals surface area contributed by atoms with E-state index in [0.717, 1.165) is 6.26 Å². The maximum absolute atomic E-state index is 11.9. The molecule has 1 rings (SSSR count). The number of unbranched alkanes of at least 4 members (excludes halogenated alkanes) is 1. The van der Waals surface area contributed by atoms with Crippen LogP contribution >= 0.6 is 23.2 Å². The number of benzene rings is 1. The number of aliphatic carboxylic acids is 1. The van der Waals surface area contributed by atoms with Crippen LogP contribution in [0.15, 0.2) is 18.2 Å². The lowest BCUT2D eigenvalue weighted by Gasteiger charge is -2.18. The second-order valence-corrected chi connectivity index (χ2v) is 9.21. The van der Waals surface area contributed by atoms with Gasteiger partial charge in [0, 0.05) is 24.4 Å². The van der Waals surface area contributed by atoms with Crippen molar-refractivity contribution >= 4 is 39.2 Å². The van der Waals surface area contributed by atoms with Crippen LogP contribution in [0.2, 0.25) is 10.0 Å². The molecule has 0 aromatic heterocycles. The van der Waals surface area contributed by atoms with E-state index >= 15 is 0 Å². The van der Waals surface area contributed by atoms with Crippen molar-refractivity contribution in [1.82, 2.24) is 4.31 Å². The smallest absolute Gasteiger partial charge is 0.303 e. The van der Waals surface area contributed by atoms with E-state index in [1.807, 2.05) is 0 Å². The molecule has 1 aromatic carbocycles. The summed E-state index contributed by atoms with van der Waals surface area (Å²) < 4.78 is 30.4. The molecule has 10 heteroatoms. The first-order chi connectivity index (χ1) is 13.6. The number of nitrogens with zero attached hydrogens (tertiary/aromatic N) is 1. The van der Waals surface area contributed by atoms with Gasteiger partial charge in [0.05, 0.1) is 23.9 Å². The summed E-state index contributed by atoms with van der Waals surface area (Å²) in [5.74, 6) is 5.06. The molecule has 0 aliphatic carbocycles. The molecule has 0 radical (unpaired) electrons. The molecule has 0 aliphatic rings. The Hall–Kier alpha value is -1.50. The van der Waals surface area contributed by atoms with Crippen molar-refractivity contribution in [1.29, 1.82) is 0 Å². The molecule has 0 bridgehead atoms. The molecule has 1 unspecified atom stereocenters. The van der Waals surface area contributed by atoms with Crippen LogP contribution in [-0.4, -0.2) is 61.0 Å². The van der Waals surface area contributed by atoms with Crippen molar-refractivity contribution in [2.75, 3.05) is 26.0 Å². The highest BCUT2D eigenvalue weighted by Gasteiger charge is 2.16. The second-order valence-electron chi connectivity index (χ2n) is 6.38. The highest BCUT2D eigenvalue weighted by molar-refractivity contribution is 7.88.